The highest BCUT2D eigenvalue weighted by Crippen LogP contribution is 2.35. The molecule has 2 atom stereocenters. The van der Waals surface area contributed by atoms with E-state index < -0.39 is 7.92 Å². The van der Waals surface area contributed by atoms with Gasteiger partial charge in [0.2, 0.25) is 0 Å². The summed E-state index contributed by atoms with van der Waals surface area (Å²) in [6, 6.07) is 45.0. The number of allylic oxidation sites excluding steroid dienone is 1. The van der Waals surface area contributed by atoms with Crippen LogP contribution in [0.5, 0.6) is 0 Å². The van der Waals surface area contributed by atoms with Gasteiger partial charge in [-0.15, -0.1) is 11.8 Å². The van der Waals surface area contributed by atoms with Crippen molar-refractivity contribution in [2.24, 2.45) is 35.5 Å². The minimum atomic E-state index is -0.848. The Morgan fingerprint density at radius 1 is 0.646 bits per heavy atom. The molecule has 79 heavy (non-hydrogen) atoms. The van der Waals surface area contributed by atoms with E-state index in [4.69, 9.17) is 9.47 Å². The zero-order chi connectivity index (χ0) is 57.1. The first-order valence-electron chi connectivity index (χ1n) is 29.8. The van der Waals surface area contributed by atoms with Crippen LogP contribution in [0.4, 0.5) is 0 Å². The number of hydrogen-bond acceptors (Lipinski definition) is 4. The van der Waals surface area contributed by atoms with Crippen LogP contribution < -0.4 is 15.9 Å². The molecule has 0 aliphatic heterocycles. The second-order valence-electron chi connectivity index (χ2n) is 22.8. The molecule has 430 valence electrons. The fraction of sp³-hybridized carbons (Fsp3) is 0.479. The predicted molar refractivity (Wildman–Crippen MR) is 343 cm³/mol. The molecule has 2 N–H and O–H groups in total. The molecule has 5 nitrogen and oxygen atoms in total. The number of hydrogen-bond donors (Lipinski definition) is 0. The van der Waals surface area contributed by atoms with Crippen LogP contribution in [-0.2, 0) is 40.0 Å². The van der Waals surface area contributed by atoms with Gasteiger partial charge in [-0.25, -0.2) is 9.59 Å². The number of carbonyl (C=O) groups excluding carboxylic acids is 2. The molecule has 5 aromatic carbocycles. The average molecular weight is 1090 g/mol. The van der Waals surface area contributed by atoms with Crippen molar-refractivity contribution in [2.75, 3.05) is 13.7 Å². The lowest BCUT2D eigenvalue weighted by Gasteiger charge is -2.22. The number of unbranched alkanes of at least 4 members (excludes halogenated alkanes) is 2. The van der Waals surface area contributed by atoms with E-state index in [0.29, 0.717) is 29.6 Å². The molecule has 0 bridgehead atoms. The Morgan fingerprint density at radius 2 is 1.15 bits per heavy atom. The van der Waals surface area contributed by atoms with Gasteiger partial charge < -0.3 is 14.9 Å². The van der Waals surface area contributed by atoms with Crippen molar-refractivity contribution in [1.29, 1.82) is 0 Å². The van der Waals surface area contributed by atoms with Gasteiger partial charge in [-0.2, -0.15) is 0 Å². The number of esters is 2. The van der Waals surface area contributed by atoms with E-state index in [-0.39, 0.29) is 17.4 Å². The van der Waals surface area contributed by atoms with E-state index in [0.717, 1.165) is 60.2 Å². The van der Waals surface area contributed by atoms with Crippen molar-refractivity contribution in [3.05, 3.63) is 178 Å². The van der Waals surface area contributed by atoms with Crippen molar-refractivity contribution in [3.8, 4) is 11.8 Å². The summed E-state index contributed by atoms with van der Waals surface area (Å²) in [5, 5.41) is 3.53. The van der Waals surface area contributed by atoms with E-state index in [1.807, 2.05) is 38.1 Å². The molecule has 1 aliphatic carbocycles. The first-order chi connectivity index (χ1) is 37.6. The first kappa shape index (κ1) is 69.6. The molecular weight excluding hydrogens is 988 g/mol. The van der Waals surface area contributed by atoms with Crippen LogP contribution in [0.2, 0.25) is 0 Å². The van der Waals surface area contributed by atoms with Crippen molar-refractivity contribution in [1.82, 2.24) is 0 Å². The smallest absolute Gasteiger partial charge is 0.338 e. The Morgan fingerprint density at radius 3 is 1.65 bits per heavy atom. The van der Waals surface area contributed by atoms with Crippen molar-refractivity contribution in [2.45, 2.75) is 179 Å². The van der Waals surface area contributed by atoms with Crippen LogP contribution in [-0.4, -0.2) is 31.1 Å². The number of carbonyl (C=O) groups is 2. The van der Waals surface area contributed by atoms with E-state index in [1.165, 1.54) is 111 Å². The molecule has 2 unspecified atom stereocenters. The minimum Gasteiger partial charge on any atom is -0.465 e. The standard InChI is InChI=1S/C25H27O2P.C21H30.C19H26O2.C8H18.H2O/c1-19(2)14-15-20-16-17-23(25(26)27-3)24(18-20)28(21-10-6-4-7-11-21)22-12-8-5-9-13-22;1-17(2)10-11-19-12-14-21(15-13-19)16-20-8-4-6-18(3)7-5-9-20;1-5-18(19(20)21-6-2)14-13-17-11-9-16(10-12-17)8-7-15(3)4;1-4-5-6-7-8(2)3;/h4-13,16-19H,14-15H2,1-3H3;12-15,17-18,20H,4,6,8-11,16H2,1-3H3;5,9-15H,6-8H2,1-4H3;8H,4-7H2,1-3H3;1H2/b;;14-13+,18-5-;;. The summed E-state index contributed by atoms with van der Waals surface area (Å²) in [5.41, 5.74) is 7.94. The zero-order valence-electron chi connectivity index (χ0n) is 51.2. The maximum atomic E-state index is 12.6. The molecule has 0 heterocycles. The first-order valence-corrected chi connectivity index (χ1v) is 31.2. The Kier molecular flexibility index (Phi) is 35.8. The largest absolute Gasteiger partial charge is 0.465 e. The third kappa shape index (κ3) is 29.0. The number of methoxy groups -OCH3 is 1. The highest BCUT2D eigenvalue weighted by atomic mass is 31.1. The van der Waals surface area contributed by atoms with E-state index in [9.17, 15) is 9.59 Å². The molecule has 0 radical (unpaired) electrons. The third-order valence-corrected chi connectivity index (χ3v) is 16.4. The van der Waals surface area contributed by atoms with E-state index in [2.05, 4.69) is 190 Å². The summed E-state index contributed by atoms with van der Waals surface area (Å²) in [6.45, 7) is 26.7. The molecular formula is C73H103O5P. The maximum Gasteiger partial charge on any atom is 0.338 e. The number of rotatable bonds is 23. The van der Waals surface area contributed by atoms with Gasteiger partial charge in [0.15, 0.2) is 0 Å². The molecule has 0 spiro atoms. The average Bonchev–Trinajstić information content (AvgIpc) is 3.43. The fourth-order valence-corrected chi connectivity index (χ4v) is 11.5. The molecule has 0 saturated carbocycles. The van der Waals surface area contributed by atoms with Crippen LogP contribution in [0.1, 0.15) is 192 Å². The highest BCUT2D eigenvalue weighted by Gasteiger charge is 2.24. The van der Waals surface area contributed by atoms with Gasteiger partial charge in [-0.05, 0) is 171 Å². The number of ether oxygens (including phenoxy) is 2. The number of benzene rings is 5. The quantitative estimate of drug-likeness (QED) is 0.0163. The third-order valence-electron chi connectivity index (χ3n) is 13.9. The van der Waals surface area contributed by atoms with Crippen molar-refractivity contribution < 1.29 is 24.5 Å². The highest BCUT2D eigenvalue weighted by molar-refractivity contribution is 7.80. The van der Waals surface area contributed by atoms with E-state index >= 15 is 0 Å². The monoisotopic (exact) mass is 1090 g/mol. The normalized spacial score (nSPS) is 14.1. The molecule has 0 aromatic heterocycles. The maximum absolute atomic E-state index is 12.6. The van der Waals surface area contributed by atoms with Crippen LogP contribution in [0.25, 0.3) is 6.08 Å². The second kappa shape index (κ2) is 40.6. The lowest BCUT2D eigenvalue weighted by molar-refractivity contribution is -0.138. The van der Waals surface area contributed by atoms with Crippen LogP contribution in [0.3, 0.4) is 0 Å². The molecule has 6 rings (SSSR count). The summed E-state index contributed by atoms with van der Waals surface area (Å²) in [4.78, 5) is 24.2. The van der Waals surface area contributed by atoms with Crippen LogP contribution >= 0.6 is 7.92 Å². The second-order valence-corrected chi connectivity index (χ2v) is 25.0. The predicted octanol–water partition coefficient (Wildman–Crippen LogP) is 17.7. The summed E-state index contributed by atoms with van der Waals surface area (Å²) in [6.07, 6.45) is 24.3. The van der Waals surface area contributed by atoms with Gasteiger partial charge in [0.1, 0.15) is 0 Å². The Hall–Kier alpha value is -5.53. The zero-order valence-corrected chi connectivity index (χ0v) is 52.1. The van der Waals surface area contributed by atoms with E-state index in [1.54, 1.807) is 12.2 Å². The van der Waals surface area contributed by atoms with Gasteiger partial charge in [0.05, 0.1) is 24.9 Å². The Balaban J connectivity index is 0.000000381. The molecule has 1 aliphatic rings. The van der Waals surface area contributed by atoms with Crippen LogP contribution in [0.15, 0.2) is 145 Å². The Bertz CT molecular complexity index is 2490. The summed E-state index contributed by atoms with van der Waals surface area (Å²) in [7, 11) is 0.602. The fourth-order valence-electron chi connectivity index (χ4n) is 9.04. The van der Waals surface area contributed by atoms with Crippen LogP contribution in [0, 0.1) is 47.3 Å². The lowest BCUT2D eigenvalue weighted by Crippen LogP contribution is -2.26. The number of aryl methyl sites for hydroxylation is 3. The minimum absolute atomic E-state index is 0. The van der Waals surface area contributed by atoms with Gasteiger partial charge in [-0.3, -0.25) is 0 Å². The van der Waals surface area contributed by atoms with Crippen molar-refractivity contribution in [3.63, 3.8) is 0 Å². The summed E-state index contributed by atoms with van der Waals surface area (Å²) in [5.74, 6) is 10.7. The van der Waals surface area contributed by atoms with Gasteiger partial charge in [0.25, 0.3) is 0 Å². The molecule has 0 amide bonds. The Labute approximate surface area is 483 Å². The van der Waals surface area contributed by atoms with Crippen molar-refractivity contribution >= 4 is 41.8 Å². The molecule has 5 aromatic rings. The van der Waals surface area contributed by atoms with Gasteiger partial charge in [0, 0.05) is 12.3 Å². The molecule has 6 heteroatoms. The summed E-state index contributed by atoms with van der Waals surface area (Å²) < 4.78 is 10.1. The lowest BCUT2D eigenvalue weighted by atomic mass is 9.88. The van der Waals surface area contributed by atoms with Gasteiger partial charge in [-0.1, -0.05) is 229 Å². The van der Waals surface area contributed by atoms with Gasteiger partial charge >= 0.3 is 11.9 Å². The SMILES string of the molecule is C/C=C(/C=C/c1ccc(CCC(C)C)cc1)C(=O)OCC.CC(C)CCc1ccc(CC2CC#CC(C)CCC2)cc1.CCCCCC(C)C.COC(=O)c1ccc(CCC(C)C)cc1P(c1ccccc1)c1ccccc1.O. The topological polar surface area (TPSA) is 84.1 Å². The molecule has 0 saturated heterocycles. The molecule has 0 fully saturated rings. The summed E-state index contributed by atoms with van der Waals surface area (Å²) >= 11 is 0.